The summed E-state index contributed by atoms with van der Waals surface area (Å²) >= 11 is 7.32. The molecule has 0 saturated carbocycles. The summed E-state index contributed by atoms with van der Waals surface area (Å²) in [4.78, 5) is 17.3. The van der Waals surface area contributed by atoms with Gasteiger partial charge in [-0.15, -0.1) is 11.3 Å². The maximum absolute atomic E-state index is 11.9. The molecule has 2 heterocycles. The smallest absolute Gasteiger partial charge is 0.277 e. The monoisotopic (exact) mass is 270 g/mol. The van der Waals surface area contributed by atoms with Crippen molar-refractivity contribution in [3.05, 3.63) is 27.5 Å². The van der Waals surface area contributed by atoms with Crippen molar-refractivity contribution in [2.75, 3.05) is 5.32 Å². The Labute approximate surface area is 107 Å². The van der Waals surface area contributed by atoms with Crippen molar-refractivity contribution in [3.8, 4) is 0 Å². The molecular weight excluding hydrogens is 260 g/mol. The summed E-state index contributed by atoms with van der Waals surface area (Å²) in [6.45, 7) is 3.86. The topological polar surface area (TPSA) is 59.8 Å². The van der Waals surface area contributed by atoms with Gasteiger partial charge in [0, 0.05) is 11.9 Å². The molecule has 2 aromatic rings. The molecule has 1 amide bonds. The zero-order chi connectivity index (χ0) is 12.6. The molecule has 0 atom stereocenters. The first-order valence-corrected chi connectivity index (χ1v) is 6.11. The highest BCUT2D eigenvalue weighted by atomic mass is 35.5. The first-order chi connectivity index (χ1) is 7.99. The summed E-state index contributed by atoms with van der Waals surface area (Å²) in [5.41, 5.74) is 1.25. The number of amides is 1. The molecule has 0 aliphatic carbocycles. The molecule has 90 valence electrons. The van der Waals surface area contributed by atoms with E-state index in [1.807, 2.05) is 13.8 Å². The first kappa shape index (κ1) is 12.1. The summed E-state index contributed by atoms with van der Waals surface area (Å²) < 4.78 is 1.44. The molecule has 0 unspecified atom stereocenters. The van der Waals surface area contributed by atoms with Crippen LogP contribution >= 0.6 is 22.9 Å². The van der Waals surface area contributed by atoms with Gasteiger partial charge in [-0.25, -0.2) is 4.98 Å². The molecule has 1 N–H and O–H groups in total. The van der Waals surface area contributed by atoms with Gasteiger partial charge in [0.05, 0.1) is 16.9 Å². The highest BCUT2D eigenvalue weighted by molar-refractivity contribution is 7.15. The minimum absolute atomic E-state index is 0.302. The lowest BCUT2D eigenvalue weighted by atomic mass is 10.4. The van der Waals surface area contributed by atoms with E-state index in [0.29, 0.717) is 15.8 Å². The molecule has 0 saturated heterocycles. The van der Waals surface area contributed by atoms with Gasteiger partial charge >= 0.3 is 0 Å². The Morgan fingerprint density at radius 3 is 2.71 bits per heavy atom. The van der Waals surface area contributed by atoms with Gasteiger partial charge in [-0.1, -0.05) is 11.6 Å². The Balaban J connectivity index is 2.23. The van der Waals surface area contributed by atoms with E-state index in [9.17, 15) is 4.79 Å². The number of aromatic nitrogens is 3. The number of hydrogen-bond donors (Lipinski definition) is 1. The average Bonchev–Trinajstić information content (AvgIpc) is 2.72. The number of rotatable bonds is 2. The molecule has 0 aliphatic heterocycles. The lowest BCUT2D eigenvalue weighted by molar-refractivity contribution is 0.101. The number of aryl methyl sites for hydroxylation is 3. The Morgan fingerprint density at radius 2 is 2.24 bits per heavy atom. The molecule has 0 fully saturated rings. The van der Waals surface area contributed by atoms with Gasteiger partial charge in [0.15, 0.2) is 5.13 Å². The van der Waals surface area contributed by atoms with Crippen LogP contribution < -0.4 is 5.32 Å². The summed E-state index contributed by atoms with van der Waals surface area (Å²) in [6, 6.07) is 0. The second kappa shape index (κ2) is 4.46. The minimum atomic E-state index is -0.302. The average molecular weight is 271 g/mol. The lowest BCUT2D eigenvalue weighted by Gasteiger charge is -2.02. The molecule has 0 aromatic carbocycles. The lowest BCUT2D eigenvalue weighted by Crippen LogP contribution is -2.16. The van der Waals surface area contributed by atoms with Gasteiger partial charge in [-0.05, 0) is 13.8 Å². The standard InChI is InChI=1S/C10H11ClN4OS/c1-5-6(2)17-10(13-5)14-9(16)8-7(11)4-12-15(8)3/h4H,1-3H3,(H,13,14,16). The SMILES string of the molecule is Cc1nc(NC(=O)c2c(Cl)cnn2C)sc1C. The van der Waals surface area contributed by atoms with Crippen LogP contribution in [0.4, 0.5) is 5.13 Å². The fourth-order valence-electron chi connectivity index (χ4n) is 1.35. The molecule has 0 bridgehead atoms. The number of anilines is 1. The van der Waals surface area contributed by atoms with Crippen molar-refractivity contribution < 1.29 is 4.79 Å². The third kappa shape index (κ3) is 2.32. The van der Waals surface area contributed by atoms with E-state index < -0.39 is 0 Å². The van der Waals surface area contributed by atoms with E-state index in [-0.39, 0.29) is 5.91 Å². The van der Waals surface area contributed by atoms with Crippen molar-refractivity contribution in [2.24, 2.45) is 7.05 Å². The third-order valence-electron chi connectivity index (χ3n) is 2.36. The predicted octanol–water partition coefficient (Wildman–Crippen LogP) is 2.40. The zero-order valence-electron chi connectivity index (χ0n) is 9.61. The van der Waals surface area contributed by atoms with Crippen LogP contribution in [-0.2, 0) is 7.05 Å². The number of hydrogen-bond acceptors (Lipinski definition) is 4. The van der Waals surface area contributed by atoms with Gasteiger partial charge in [0.1, 0.15) is 5.69 Å². The Bertz CT molecular complexity index is 536. The summed E-state index contributed by atoms with van der Waals surface area (Å²) in [7, 11) is 1.67. The van der Waals surface area contributed by atoms with E-state index in [1.54, 1.807) is 7.05 Å². The van der Waals surface area contributed by atoms with Crippen LogP contribution in [-0.4, -0.2) is 20.7 Å². The number of carbonyl (C=O) groups excluding carboxylic acids is 1. The van der Waals surface area contributed by atoms with Crippen molar-refractivity contribution in [1.29, 1.82) is 0 Å². The maximum Gasteiger partial charge on any atom is 0.277 e. The fourth-order valence-corrected chi connectivity index (χ4v) is 2.41. The quantitative estimate of drug-likeness (QED) is 0.912. The summed E-state index contributed by atoms with van der Waals surface area (Å²) in [6.07, 6.45) is 1.44. The van der Waals surface area contributed by atoms with Gasteiger partial charge < -0.3 is 0 Å². The second-order valence-electron chi connectivity index (χ2n) is 3.58. The van der Waals surface area contributed by atoms with Crippen LogP contribution in [0, 0.1) is 13.8 Å². The van der Waals surface area contributed by atoms with Gasteiger partial charge in [-0.2, -0.15) is 5.10 Å². The molecular formula is C10H11ClN4OS. The minimum Gasteiger partial charge on any atom is -0.296 e. The van der Waals surface area contributed by atoms with E-state index in [0.717, 1.165) is 10.6 Å². The molecule has 7 heteroatoms. The van der Waals surface area contributed by atoms with E-state index >= 15 is 0 Å². The van der Waals surface area contributed by atoms with Crippen molar-refractivity contribution in [2.45, 2.75) is 13.8 Å². The van der Waals surface area contributed by atoms with Crippen molar-refractivity contribution in [3.63, 3.8) is 0 Å². The van der Waals surface area contributed by atoms with Crippen LogP contribution in [0.2, 0.25) is 5.02 Å². The van der Waals surface area contributed by atoms with Crippen LogP contribution in [0.5, 0.6) is 0 Å². The Morgan fingerprint density at radius 1 is 1.53 bits per heavy atom. The van der Waals surface area contributed by atoms with Crippen LogP contribution in [0.1, 0.15) is 21.1 Å². The molecule has 2 rings (SSSR count). The normalized spacial score (nSPS) is 10.6. The van der Waals surface area contributed by atoms with Crippen LogP contribution in [0.3, 0.4) is 0 Å². The summed E-state index contributed by atoms with van der Waals surface area (Å²) in [5, 5.41) is 7.52. The maximum atomic E-state index is 11.9. The molecule has 2 aromatic heterocycles. The Kier molecular flexibility index (Phi) is 3.17. The third-order valence-corrected chi connectivity index (χ3v) is 3.62. The fraction of sp³-hybridized carbons (Fsp3) is 0.300. The van der Waals surface area contributed by atoms with Gasteiger partial charge in [0.2, 0.25) is 0 Å². The van der Waals surface area contributed by atoms with E-state index in [2.05, 4.69) is 15.4 Å². The van der Waals surface area contributed by atoms with E-state index in [1.165, 1.54) is 22.2 Å². The molecule has 0 radical (unpaired) electrons. The highest BCUT2D eigenvalue weighted by Gasteiger charge is 2.17. The van der Waals surface area contributed by atoms with Gasteiger partial charge in [-0.3, -0.25) is 14.8 Å². The molecule has 0 spiro atoms. The highest BCUT2D eigenvalue weighted by Crippen LogP contribution is 2.22. The molecule has 17 heavy (non-hydrogen) atoms. The van der Waals surface area contributed by atoms with Crippen LogP contribution in [0.15, 0.2) is 6.20 Å². The Hall–Kier alpha value is -1.40. The predicted molar refractivity (Wildman–Crippen MR) is 67.8 cm³/mol. The van der Waals surface area contributed by atoms with Crippen molar-refractivity contribution in [1.82, 2.24) is 14.8 Å². The largest absolute Gasteiger partial charge is 0.296 e. The molecule has 5 nitrogen and oxygen atoms in total. The number of carbonyl (C=O) groups is 1. The van der Waals surface area contributed by atoms with Gasteiger partial charge in [0.25, 0.3) is 5.91 Å². The van der Waals surface area contributed by atoms with E-state index in [4.69, 9.17) is 11.6 Å². The van der Waals surface area contributed by atoms with Crippen LogP contribution in [0.25, 0.3) is 0 Å². The number of nitrogens with zero attached hydrogens (tertiary/aromatic N) is 3. The zero-order valence-corrected chi connectivity index (χ0v) is 11.2. The van der Waals surface area contributed by atoms with Crippen molar-refractivity contribution >= 4 is 34.0 Å². The number of thiazole rings is 1. The first-order valence-electron chi connectivity index (χ1n) is 4.92. The second-order valence-corrected chi connectivity index (χ2v) is 5.19. The summed E-state index contributed by atoms with van der Waals surface area (Å²) in [5.74, 6) is -0.302. The molecule has 0 aliphatic rings. The number of halogens is 1. The number of nitrogens with one attached hydrogen (secondary N) is 1.